The zero-order valence-electron chi connectivity index (χ0n) is 13.2. The van der Waals surface area contributed by atoms with Crippen LogP contribution in [-0.2, 0) is 10.0 Å². The largest absolute Gasteiger partial charge is 0.369 e. The number of rotatable bonds is 3. The van der Waals surface area contributed by atoms with Crippen molar-refractivity contribution in [3.05, 3.63) is 56.6 Å². The Bertz CT molecular complexity index is 832. The fraction of sp³-hybridized carbons (Fsp3) is 0.294. The first-order valence-corrected chi connectivity index (χ1v) is 10.5. The Morgan fingerprint density at radius 1 is 1.00 bits per heavy atom. The molecule has 4 nitrogen and oxygen atoms in total. The molecule has 2 aromatic carbocycles. The minimum atomic E-state index is -3.43. The van der Waals surface area contributed by atoms with Gasteiger partial charge in [0.25, 0.3) is 0 Å². The molecule has 0 amide bonds. The van der Waals surface area contributed by atoms with Gasteiger partial charge in [-0.05, 0) is 71.5 Å². The predicted molar refractivity (Wildman–Crippen MR) is 106 cm³/mol. The summed E-state index contributed by atoms with van der Waals surface area (Å²) < 4.78 is 28.1. The van der Waals surface area contributed by atoms with Crippen LogP contribution in [0.15, 0.2) is 47.4 Å². The van der Waals surface area contributed by atoms with Crippen LogP contribution in [0, 0.1) is 10.5 Å². The van der Waals surface area contributed by atoms with Crippen molar-refractivity contribution in [2.45, 2.75) is 11.8 Å². The maximum Gasteiger partial charge on any atom is 0.243 e. The van der Waals surface area contributed by atoms with Crippen LogP contribution in [0.1, 0.15) is 5.56 Å². The van der Waals surface area contributed by atoms with Crippen LogP contribution in [0.3, 0.4) is 0 Å². The van der Waals surface area contributed by atoms with Gasteiger partial charge >= 0.3 is 0 Å². The van der Waals surface area contributed by atoms with Gasteiger partial charge < -0.3 is 4.90 Å². The van der Waals surface area contributed by atoms with Gasteiger partial charge in [-0.25, -0.2) is 8.42 Å². The van der Waals surface area contributed by atoms with E-state index in [-0.39, 0.29) is 0 Å². The maximum absolute atomic E-state index is 12.7. The van der Waals surface area contributed by atoms with E-state index < -0.39 is 10.0 Å². The normalized spacial score (nSPS) is 16.4. The fourth-order valence-corrected chi connectivity index (χ4v) is 4.81. The van der Waals surface area contributed by atoms with E-state index >= 15 is 0 Å². The second-order valence-corrected chi connectivity index (χ2v) is 9.32. The average molecular weight is 477 g/mol. The quantitative estimate of drug-likeness (QED) is 0.634. The number of sulfonamides is 1. The van der Waals surface area contributed by atoms with E-state index in [4.69, 9.17) is 11.6 Å². The van der Waals surface area contributed by atoms with Crippen LogP contribution in [-0.4, -0.2) is 38.9 Å². The van der Waals surface area contributed by atoms with Gasteiger partial charge in [0, 0.05) is 40.5 Å². The monoisotopic (exact) mass is 476 g/mol. The Morgan fingerprint density at radius 2 is 1.62 bits per heavy atom. The number of piperazine rings is 1. The second kappa shape index (κ2) is 7.19. The van der Waals surface area contributed by atoms with Crippen LogP contribution in [0.25, 0.3) is 0 Å². The first-order valence-electron chi connectivity index (χ1n) is 7.65. The number of benzene rings is 2. The summed E-state index contributed by atoms with van der Waals surface area (Å²) in [5.41, 5.74) is 2.11. The van der Waals surface area contributed by atoms with E-state index in [1.807, 2.05) is 37.3 Å². The average Bonchev–Trinajstić information content (AvgIpc) is 2.58. The van der Waals surface area contributed by atoms with E-state index in [0.29, 0.717) is 31.1 Å². The minimum absolute atomic E-state index is 0.357. The Labute approximate surface area is 161 Å². The Balaban J connectivity index is 1.75. The molecule has 3 rings (SSSR count). The van der Waals surface area contributed by atoms with Crippen molar-refractivity contribution in [1.29, 1.82) is 0 Å². The first kappa shape index (κ1) is 18.0. The summed E-state index contributed by atoms with van der Waals surface area (Å²) in [7, 11) is -3.43. The van der Waals surface area contributed by atoms with Gasteiger partial charge in [0.1, 0.15) is 0 Å². The van der Waals surface area contributed by atoms with Crippen molar-refractivity contribution in [3.8, 4) is 0 Å². The van der Waals surface area contributed by atoms with Crippen molar-refractivity contribution in [3.63, 3.8) is 0 Å². The van der Waals surface area contributed by atoms with E-state index in [9.17, 15) is 8.42 Å². The third kappa shape index (κ3) is 3.56. The van der Waals surface area contributed by atoms with Gasteiger partial charge in [0.05, 0.1) is 4.90 Å². The Morgan fingerprint density at radius 3 is 2.25 bits per heavy atom. The molecule has 1 saturated heterocycles. The molecule has 1 heterocycles. The lowest BCUT2D eigenvalue weighted by atomic mass is 10.1. The molecule has 0 atom stereocenters. The third-order valence-corrected chi connectivity index (χ3v) is 7.31. The lowest BCUT2D eigenvalue weighted by Gasteiger charge is -2.36. The minimum Gasteiger partial charge on any atom is -0.369 e. The van der Waals surface area contributed by atoms with E-state index in [0.717, 1.165) is 19.8 Å². The van der Waals surface area contributed by atoms with Crippen molar-refractivity contribution in [2.24, 2.45) is 0 Å². The number of halogens is 2. The van der Waals surface area contributed by atoms with E-state index in [2.05, 4.69) is 27.5 Å². The number of hydrogen-bond donors (Lipinski definition) is 0. The Kier molecular flexibility index (Phi) is 5.39. The van der Waals surface area contributed by atoms with E-state index in [1.165, 1.54) is 0 Å². The van der Waals surface area contributed by atoms with Gasteiger partial charge in [0.2, 0.25) is 10.0 Å². The molecule has 7 heteroatoms. The molecule has 0 N–H and O–H groups in total. The summed E-state index contributed by atoms with van der Waals surface area (Å²) >= 11 is 8.36. The molecule has 0 aliphatic carbocycles. The third-order valence-electron chi connectivity index (χ3n) is 4.27. The molecule has 128 valence electrons. The highest BCUT2D eigenvalue weighted by Crippen LogP contribution is 2.28. The van der Waals surface area contributed by atoms with Crippen molar-refractivity contribution < 1.29 is 8.42 Å². The SMILES string of the molecule is Cc1c(Cl)cccc1N1CCN(S(=O)(=O)c2ccc(I)cc2)CC1. The fourth-order valence-electron chi connectivity index (χ4n) is 2.86. The molecule has 0 unspecified atom stereocenters. The standard InChI is InChI=1S/C17H18ClIN2O2S/c1-13-16(18)3-2-4-17(13)20-9-11-21(12-10-20)24(22,23)15-7-5-14(19)6-8-15/h2-8H,9-12H2,1H3. The van der Waals surface area contributed by atoms with Crippen molar-refractivity contribution in [1.82, 2.24) is 4.31 Å². The highest BCUT2D eigenvalue weighted by Gasteiger charge is 2.29. The zero-order chi connectivity index (χ0) is 17.3. The number of hydrogen-bond acceptors (Lipinski definition) is 3. The highest BCUT2D eigenvalue weighted by atomic mass is 127. The second-order valence-electron chi connectivity index (χ2n) is 5.73. The summed E-state index contributed by atoms with van der Waals surface area (Å²) in [6.07, 6.45) is 0. The molecule has 2 aromatic rings. The molecule has 0 saturated carbocycles. The number of anilines is 1. The predicted octanol–water partition coefficient (Wildman–Crippen LogP) is 3.76. The summed E-state index contributed by atoms with van der Waals surface area (Å²) in [6, 6.07) is 12.8. The molecule has 1 aliphatic heterocycles. The van der Waals surface area contributed by atoms with Crippen LogP contribution in [0.2, 0.25) is 5.02 Å². The van der Waals surface area contributed by atoms with Crippen molar-refractivity contribution >= 4 is 49.9 Å². The van der Waals surface area contributed by atoms with Crippen LogP contribution in [0.4, 0.5) is 5.69 Å². The molecular weight excluding hydrogens is 459 g/mol. The van der Waals surface area contributed by atoms with Gasteiger partial charge in [-0.1, -0.05) is 17.7 Å². The van der Waals surface area contributed by atoms with Gasteiger partial charge in [0.15, 0.2) is 0 Å². The van der Waals surface area contributed by atoms with Crippen LogP contribution >= 0.6 is 34.2 Å². The molecule has 0 radical (unpaired) electrons. The number of nitrogens with zero attached hydrogens (tertiary/aromatic N) is 2. The van der Waals surface area contributed by atoms with Gasteiger partial charge in [-0.2, -0.15) is 4.31 Å². The lowest BCUT2D eigenvalue weighted by Crippen LogP contribution is -2.48. The first-order chi connectivity index (χ1) is 11.4. The van der Waals surface area contributed by atoms with Crippen molar-refractivity contribution in [2.75, 3.05) is 31.1 Å². The highest BCUT2D eigenvalue weighted by molar-refractivity contribution is 14.1. The molecule has 0 bridgehead atoms. The summed E-state index contributed by atoms with van der Waals surface area (Å²) in [6.45, 7) is 4.25. The van der Waals surface area contributed by atoms with E-state index in [1.54, 1.807) is 16.4 Å². The molecule has 0 spiro atoms. The summed E-state index contributed by atoms with van der Waals surface area (Å²) in [4.78, 5) is 2.55. The smallest absolute Gasteiger partial charge is 0.243 e. The molecule has 0 aromatic heterocycles. The Hall–Kier alpha value is -0.830. The zero-order valence-corrected chi connectivity index (χ0v) is 17.0. The molecular formula is C17H18ClIN2O2S. The summed E-state index contributed by atoms with van der Waals surface area (Å²) in [5.74, 6) is 0. The summed E-state index contributed by atoms with van der Waals surface area (Å²) in [5, 5.41) is 0.737. The topological polar surface area (TPSA) is 40.6 Å². The molecule has 24 heavy (non-hydrogen) atoms. The van der Waals surface area contributed by atoms with Crippen LogP contribution in [0.5, 0.6) is 0 Å². The van der Waals surface area contributed by atoms with Gasteiger partial charge in [-0.15, -0.1) is 0 Å². The maximum atomic E-state index is 12.7. The molecule has 1 fully saturated rings. The van der Waals surface area contributed by atoms with Crippen LogP contribution < -0.4 is 4.90 Å². The lowest BCUT2D eigenvalue weighted by molar-refractivity contribution is 0.385. The molecule has 1 aliphatic rings. The van der Waals surface area contributed by atoms with Gasteiger partial charge in [-0.3, -0.25) is 0 Å².